The highest BCUT2D eigenvalue weighted by molar-refractivity contribution is 5.79. The standard InChI is InChI=1S/C11H22N2O2.C10H23N3O2.C10H20N2O2.C9H20N2O2.C8H17N3O2.2C8H18N2O2.C7H17N3O2.C7H15N3O2.C6H14N2O2/c1-9(12)7-5-3-2-4-6-8-10(13)11(14)15;1-7(11)5-6-8(12)3-2-4-9(13)10(14)15;1-8(11)6-4-2-3-5-7-9(12)10(13)14;1-6(2)5-7(10)3-4-8(11)9(12)13;1-5(9)4-6(10)2-3-7(11)8(12)13;1-6(9)4-2-3-5-7(10)8(11)12;1-2-3-6(9)4-5-7(10)8(11)12;2*1-4(8)5(9)2-3-6(10)7(11)12;7-4-2-1-3-5(8)6(9)10/h10,12H,2-8,13H2,1H3,(H,14,15);7-9H,2-6,11-13H2,1H3,(H,14,15);9,11H,2-7,12H2,1H3,(H,13,14);6-8H,3-5,10-11H2,1-2H3,(H,12,13);4,6-7H,2-3,9-11H2,1H3,(H,12,13);2*6-7H,2-5,9-10H2,1H3,(H,11,12);4-6H,2-3,8-10H2,1H3,(H,11,12);6H,2-3,8-10H2,1H3,(H,11,12);5H,1-4,7-8H2,(H,9,10)/b;;;;5-4-;;;;5-4-;. The van der Waals surface area contributed by atoms with E-state index in [-0.39, 0.29) is 48.3 Å². The molecule has 0 bridgehead atoms. The van der Waals surface area contributed by atoms with E-state index in [0.29, 0.717) is 132 Å². The largest absolute Gasteiger partial charge is 0.480 e. The fraction of sp³-hybridized carbons (Fsp3) is 0.810. The van der Waals surface area contributed by atoms with E-state index < -0.39 is 120 Å². The summed E-state index contributed by atoms with van der Waals surface area (Å²) < 4.78 is 0. The molecule has 0 saturated heterocycles. The molecule has 44 heteroatoms. The van der Waals surface area contributed by atoms with Gasteiger partial charge in [0, 0.05) is 76.8 Å². The van der Waals surface area contributed by atoms with Crippen molar-refractivity contribution < 1.29 is 99.0 Å². The molecule has 44 nitrogen and oxygen atoms in total. The number of allylic oxidation sites excluding steroid dienone is 3. The molecule has 0 fully saturated rings. The predicted molar refractivity (Wildman–Crippen MR) is 508 cm³/mol. The lowest BCUT2D eigenvalue weighted by atomic mass is 9.99. The van der Waals surface area contributed by atoms with Crippen molar-refractivity contribution in [3.8, 4) is 0 Å². The fourth-order valence-corrected chi connectivity index (χ4v) is 10.1. The molecule has 760 valence electrons. The van der Waals surface area contributed by atoms with Crippen LogP contribution in [-0.2, 0) is 47.9 Å². The molecular weight excluding hydrogens is 1670 g/mol. The second-order valence-electron chi connectivity index (χ2n) is 33.2. The molecule has 0 spiro atoms. The summed E-state index contributed by atoms with van der Waals surface area (Å²) in [6, 6.07) is -7.48. The van der Waals surface area contributed by atoms with Crippen LogP contribution in [0.15, 0.2) is 23.2 Å². The molecule has 0 aliphatic carbocycles. The predicted octanol–water partition coefficient (Wildman–Crippen LogP) is 2.21. The molecule has 0 heterocycles. The summed E-state index contributed by atoms with van der Waals surface area (Å²) in [5.41, 5.74) is 123. The molecule has 0 aromatic carbocycles. The van der Waals surface area contributed by atoms with Crippen molar-refractivity contribution >= 4 is 71.1 Å². The van der Waals surface area contributed by atoms with E-state index >= 15 is 0 Å². The Morgan fingerprint density at radius 2 is 0.555 bits per heavy atom. The Morgan fingerprint density at radius 3 is 0.852 bits per heavy atom. The maximum absolute atomic E-state index is 10.4. The smallest absolute Gasteiger partial charge is 0.320 e. The zero-order valence-corrected chi connectivity index (χ0v) is 78.9. The number of carboxylic acid groups (broad SMARTS) is 10. The number of unbranched alkanes of at least 4 members (excludes halogenated alkanes) is 9. The van der Waals surface area contributed by atoms with Crippen LogP contribution in [0.5, 0.6) is 0 Å². The van der Waals surface area contributed by atoms with Crippen LogP contribution in [0.4, 0.5) is 0 Å². The summed E-state index contributed by atoms with van der Waals surface area (Å²) in [4.78, 5) is 103. The normalized spacial score (nSPS) is 15.2. The van der Waals surface area contributed by atoms with Gasteiger partial charge in [-0.05, 0) is 240 Å². The number of hydrogen-bond acceptors (Lipinski definition) is 34. The minimum absolute atomic E-state index is 0.0744. The molecular formula is C84H184N24O20. The zero-order chi connectivity index (χ0) is 102. The Morgan fingerprint density at radius 1 is 0.289 bits per heavy atom. The van der Waals surface area contributed by atoms with Gasteiger partial charge in [-0.25, -0.2) is 0 Å². The molecule has 0 aliphatic rings. The number of carboxylic acids is 10. The van der Waals surface area contributed by atoms with Crippen LogP contribution in [0, 0.1) is 16.7 Å². The molecule has 18 atom stereocenters. The number of rotatable bonds is 62. The Bertz CT molecular complexity index is 2910. The molecule has 0 radical (unpaired) electrons. The van der Waals surface area contributed by atoms with Gasteiger partial charge in [0.1, 0.15) is 60.4 Å². The van der Waals surface area contributed by atoms with E-state index in [1.54, 1.807) is 33.8 Å². The van der Waals surface area contributed by atoms with Crippen molar-refractivity contribution in [2.45, 2.75) is 422 Å². The number of nitrogens with two attached hydrogens (primary N) is 22. The maximum atomic E-state index is 10.4. The summed E-state index contributed by atoms with van der Waals surface area (Å²) >= 11 is 0. The SMILES string of the molecule is C/C(N)=C(/N)CCC(N)C(=O)O.C/C(N)=C/C(N)CCC(N)C(=O)O.CC(=N)CCCCCCC(N)C(=O)O.CC(=N)CCCCCCCC(N)C(=O)O.CC(C)CC(N)CCC(N)C(=O)O.CC(N)C(N)CCC(N)C(=O)O.CC(N)CCC(N)CCCC(N)C(=O)O.CC(N)CCCCC(N)C(=O)O.CCCC(N)CCC(N)C(=O)O.NCCCCC(N)C(=O)O. The van der Waals surface area contributed by atoms with Crippen LogP contribution in [0.3, 0.4) is 0 Å². The Hall–Kier alpha value is -7.84. The summed E-state index contributed by atoms with van der Waals surface area (Å²) in [7, 11) is 0. The fourth-order valence-electron chi connectivity index (χ4n) is 10.1. The Labute approximate surface area is 761 Å². The molecule has 0 aromatic heterocycles. The van der Waals surface area contributed by atoms with Crippen LogP contribution in [0.1, 0.15) is 313 Å². The first-order valence-electron chi connectivity index (χ1n) is 44.4. The maximum Gasteiger partial charge on any atom is 0.320 e. The molecule has 18 unspecified atom stereocenters. The van der Waals surface area contributed by atoms with E-state index in [0.717, 1.165) is 153 Å². The van der Waals surface area contributed by atoms with Gasteiger partial charge in [-0.15, -0.1) is 0 Å². The summed E-state index contributed by atoms with van der Waals surface area (Å²) in [5, 5.41) is 99.1. The second kappa shape index (κ2) is 92.4. The van der Waals surface area contributed by atoms with Crippen molar-refractivity contribution in [3.63, 3.8) is 0 Å². The van der Waals surface area contributed by atoms with Crippen molar-refractivity contribution in [3.05, 3.63) is 23.2 Å². The van der Waals surface area contributed by atoms with Gasteiger partial charge >= 0.3 is 59.7 Å². The van der Waals surface area contributed by atoms with Gasteiger partial charge in [-0.3, -0.25) is 47.9 Å². The van der Waals surface area contributed by atoms with Crippen LogP contribution >= 0.6 is 0 Å². The molecule has 0 rings (SSSR count). The highest BCUT2D eigenvalue weighted by atomic mass is 16.4. The van der Waals surface area contributed by atoms with Crippen LogP contribution in [0.25, 0.3) is 0 Å². The first-order valence-corrected chi connectivity index (χ1v) is 44.4. The van der Waals surface area contributed by atoms with Gasteiger partial charge in [-0.2, -0.15) is 0 Å². The average Bonchev–Trinajstić information content (AvgIpc) is 1.000. The number of carbonyl (C=O) groups is 10. The van der Waals surface area contributed by atoms with E-state index in [9.17, 15) is 47.9 Å². The van der Waals surface area contributed by atoms with Crippen LogP contribution in [-0.4, -0.2) is 237 Å². The lowest BCUT2D eigenvalue weighted by Crippen LogP contribution is -2.41. The molecule has 56 N–H and O–H groups in total. The highest BCUT2D eigenvalue weighted by Gasteiger charge is 2.20. The van der Waals surface area contributed by atoms with Gasteiger partial charge in [0.05, 0.1) is 0 Å². The second-order valence-corrected chi connectivity index (χ2v) is 33.2. The summed E-state index contributed by atoms with van der Waals surface area (Å²) in [6.07, 6.45) is 30.8. The van der Waals surface area contributed by atoms with Gasteiger partial charge < -0.3 is 188 Å². The first-order chi connectivity index (χ1) is 59.1. The van der Waals surface area contributed by atoms with E-state index in [4.69, 9.17) is 188 Å². The van der Waals surface area contributed by atoms with E-state index in [1.165, 1.54) is 0 Å². The topological polar surface area (TPSA) is 993 Å². The third kappa shape index (κ3) is 116. The molecule has 0 aliphatic heterocycles. The van der Waals surface area contributed by atoms with Gasteiger partial charge in [0.15, 0.2) is 0 Å². The molecule has 0 aromatic rings. The van der Waals surface area contributed by atoms with E-state index in [1.807, 2.05) is 20.8 Å². The minimum Gasteiger partial charge on any atom is -0.480 e. The first kappa shape index (κ1) is 141. The molecule has 0 saturated carbocycles. The monoisotopic (exact) mass is 1850 g/mol. The van der Waals surface area contributed by atoms with Crippen molar-refractivity contribution in [1.82, 2.24) is 0 Å². The minimum atomic E-state index is -1.02. The summed E-state index contributed by atoms with van der Waals surface area (Å²) in [6.45, 7) is 19.6. The van der Waals surface area contributed by atoms with Gasteiger partial charge in [0.25, 0.3) is 0 Å². The third-order valence-electron chi connectivity index (χ3n) is 18.7. The molecule has 128 heavy (non-hydrogen) atoms. The average molecular weight is 1850 g/mol. The highest BCUT2D eigenvalue weighted by Crippen LogP contribution is 2.14. The Balaban J connectivity index is -0.000000151. The van der Waals surface area contributed by atoms with Crippen LogP contribution in [0.2, 0.25) is 0 Å². The lowest BCUT2D eigenvalue weighted by Gasteiger charge is -2.16. The quantitative estimate of drug-likeness (QED) is 0.0306. The van der Waals surface area contributed by atoms with Gasteiger partial charge in [0.2, 0.25) is 0 Å². The lowest BCUT2D eigenvalue weighted by molar-refractivity contribution is -0.139. The number of nitrogens with one attached hydrogen (secondary N) is 2. The zero-order valence-electron chi connectivity index (χ0n) is 78.9. The van der Waals surface area contributed by atoms with Gasteiger partial charge in [-0.1, -0.05) is 91.4 Å². The Kier molecular flexibility index (Phi) is 102. The molecule has 0 amide bonds. The summed E-state index contributed by atoms with van der Waals surface area (Å²) in [5.74, 6) is -8.97. The van der Waals surface area contributed by atoms with Crippen LogP contribution < -0.4 is 126 Å². The van der Waals surface area contributed by atoms with Crippen molar-refractivity contribution in [2.24, 2.45) is 132 Å². The van der Waals surface area contributed by atoms with E-state index in [2.05, 4.69) is 20.8 Å². The van der Waals surface area contributed by atoms with Crippen molar-refractivity contribution in [1.29, 1.82) is 10.8 Å². The number of aliphatic carboxylic acids is 10. The third-order valence-corrected chi connectivity index (χ3v) is 18.7. The van der Waals surface area contributed by atoms with Crippen molar-refractivity contribution in [2.75, 3.05) is 6.54 Å². The number of hydrogen-bond donors (Lipinski definition) is 34.